The quantitative estimate of drug-likeness (QED) is 0.779. The van der Waals surface area contributed by atoms with E-state index >= 15 is 0 Å². The first kappa shape index (κ1) is 13.6. The van der Waals surface area contributed by atoms with Gasteiger partial charge in [0, 0.05) is 13.0 Å². The molecule has 0 spiro atoms. The molecular formula is C16H20N2O. The Kier molecular flexibility index (Phi) is 4.93. The minimum absolute atomic E-state index is 0.114. The van der Waals surface area contributed by atoms with Crippen molar-refractivity contribution < 1.29 is 4.79 Å². The van der Waals surface area contributed by atoms with Gasteiger partial charge in [-0.2, -0.15) is 0 Å². The predicted octanol–water partition coefficient (Wildman–Crippen LogP) is 2.46. The molecule has 0 aliphatic rings. The van der Waals surface area contributed by atoms with Crippen molar-refractivity contribution in [3.05, 3.63) is 48.0 Å². The molecule has 1 amide bonds. The SMILES string of the molecule is CNCCCC(=O)NCc1cccc2ccccc12. The maximum Gasteiger partial charge on any atom is 0.220 e. The smallest absolute Gasteiger partial charge is 0.220 e. The number of hydrogen-bond donors (Lipinski definition) is 2. The van der Waals surface area contributed by atoms with Gasteiger partial charge < -0.3 is 10.6 Å². The Morgan fingerprint density at radius 1 is 1.11 bits per heavy atom. The Hall–Kier alpha value is -1.87. The number of fused-ring (bicyclic) bond motifs is 1. The molecule has 0 unspecified atom stereocenters. The number of rotatable bonds is 6. The van der Waals surface area contributed by atoms with E-state index in [2.05, 4.69) is 34.9 Å². The van der Waals surface area contributed by atoms with Crippen LogP contribution in [0.3, 0.4) is 0 Å². The van der Waals surface area contributed by atoms with Gasteiger partial charge in [-0.3, -0.25) is 4.79 Å². The molecule has 0 aliphatic heterocycles. The Bertz CT molecular complexity index is 546. The molecule has 0 aliphatic carbocycles. The molecule has 0 saturated heterocycles. The van der Waals surface area contributed by atoms with Crippen molar-refractivity contribution in [1.82, 2.24) is 10.6 Å². The van der Waals surface area contributed by atoms with Gasteiger partial charge in [0.2, 0.25) is 5.91 Å². The van der Waals surface area contributed by atoms with Crippen molar-refractivity contribution >= 4 is 16.7 Å². The van der Waals surface area contributed by atoms with Gasteiger partial charge in [-0.25, -0.2) is 0 Å². The number of benzene rings is 2. The van der Waals surface area contributed by atoms with Crippen LogP contribution in [0.2, 0.25) is 0 Å². The molecule has 2 rings (SSSR count). The summed E-state index contributed by atoms with van der Waals surface area (Å²) in [5, 5.41) is 8.45. The molecule has 19 heavy (non-hydrogen) atoms. The molecule has 0 atom stereocenters. The molecule has 0 fully saturated rings. The average Bonchev–Trinajstić information content (AvgIpc) is 2.45. The summed E-state index contributed by atoms with van der Waals surface area (Å²) >= 11 is 0. The Morgan fingerprint density at radius 3 is 2.74 bits per heavy atom. The fraction of sp³-hybridized carbons (Fsp3) is 0.312. The zero-order valence-electron chi connectivity index (χ0n) is 11.3. The predicted molar refractivity (Wildman–Crippen MR) is 79.0 cm³/mol. The fourth-order valence-corrected chi connectivity index (χ4v) is 2.15. The maximum absolute atomic E-state index is 11.7. The van der Waals surface area contributed by atoms with Crippen LogP contribution in [0, 0.1) is 0 Å². The lowest BCUT2D eigenvalue weighted by Crippen LogP contribution is -2.23. The fourth-order valence-electron chi connectivity index (χ4n) is 2.15. The zero-order chi connectivity index (χ0) is 13.5. The largest absolute Gasteiger partial charge is 0.352 e. The maximum atomic E-state index is 11.7. The molecule has 2 aromatic carbocycles. The third-order valence-corrected chi connectivity index (χ3v) is 3.19. The first-order valence-corrected chi connectivity index (χ1v) is 6.69. The summed E-state index contributed by atoms with van der Waals surface area (Å²) in [5.74, 6) is 0.114. The standard InChI is InChI=1S/C16H20N2O/c1-17-11-5-10-16(19)18-12-14-8-4-7-13-6-2-3-9-15(13)14/h2-4,6-9,17H,5,10-12H2,1H3,(H,18,19). The third kappa shape index (κ3) is 3.80. The van der Waals surface area contributed by atoms with Crippen LogP contribution in [0.15, 0.2) is 42.5 Å². The van der Waals surface area contributed by atoms with Crippen molar-refractivity contribution in [1.29, 1.82) is 0 Å². The Balaban J connectivity index is 1.96. The summed E-state index contributed by atoms with van der Waals surface area (Å²) in [6, 6.07) is 14.4. The summed E-state index contributed by atoms with van der Waals surface area (Å²) < 4.78 is 0. The highest BCUT2D eigenvalue weighted by molar-refractivity contribution is 5.86. The molecule has 0 radical (unpaired) electrons. The van der Waals surface area contributed by atoms with E-state index in [1.807, 2.05) is 25.2 Å². The van der Waals surface area contributed by atoms with Crippen molar-refractivity contribution in [2.75, 3.05) is 13.6 Å². The summed E-state index contributed by atoms with van der Waals surface area (Å²) in [7, 11) is 1.90. The van der Waals surface area contributed by atoms with Crippen molar-refractivity contribution in [3.8, 4) is 0 Å². The highest BCUT2D eigenvalue weighted by atomic mass is 16.1. The van der Waals surface area contributed by atoms with Gasteiger partial charge in [-0.05, 0) is 36.3 Å². The van der Waals surface area contributed by atoms with E-state index < -0.39 is 0 Å². The lowest BCUT2D eigenvalue weighted by atomic mass is 10.0. The highest BCUT2D eigenvalue weighted by Gasteiger charge is 2.03. The number of carbonyl (C=O) groups is 1. The van der Waals surface area contributed by atoms with Gasteiger partial charge in [0.15, 0.2) is 0 Å². The van der Waals surface area contributed by atoms with Gasteiger partial charge in [-0.15, -0.1) is 0 Å². The van der Waals surface area contributed by atoms with Crippen LogP contribution < -0.4 is 10.6 Å². The van der Waals surface area contributed by atoms with Crippen LogP contribution in [-0.4, -0.2) is 19.5 Å². The zero-order valence-corrected chi connectivity index (χ0v) is 11.3. The topological polar surface area (TPSA) is 41.1 Å². The number of hydrogen-bond acceptors (Lipinski definition) is 2. The second kappa shape index (κ2) is 6.90. The van der Waals surface area contributed by atoms with Crippen LogP contribution in [0.25, 0.3) is 10.8 Å². The first-order valence-electron chi connectivity index (χ1n) is 6.69. The van der Waals surface area contributed by atoms with E-state index in [4.69, 9.17) is 0 Å². The molecule has 2 aromatic rings. The van der Waals surface area contributed by atoms with E-state index in [0.29, 0.717) is 13.0 Å². The molecule has 2 N–H and O–H groups in total. The van der Waals surface area contributed by atoms with E-state index in [0.717, 1.165) is 13.0 Å². The summed E-state index contributed by atoms with van der Waals surface area (Å²) in [5.41, 5.74) is 1.17. The van der Waals surface area contributed by atoms with E-state index in [1.54, 1.807) is 0 Å². The lowest BCUT2D eigenvalue weighted by Gasteiger charge is -2.08. The number of carbonyl (C=O) groups excluding carboxylic acids is 1. The van der Waals surface area contributed by atoms with Gasteiger partial charge in [-0.1, -0.05) is 42.5 Å². The van der Waals surface area contributed by atoms with Gasteiger partial charge >= 0.3 is 0 Å². The number of nitrogens with one attached hydrogen (secondary N) is 2. The van der Waals surface area contributed by atoms with E-state index in [9.17, 15) is 4.79 Å². The van der Waals surface area contributed by atoms with Gasteiger partial charge in [0.25, 0.3) is 0 Å². The summed E-state index contributed by atoms with van der Waals surface area (Å²) in [6.45, 7) is 1.47. The summed E-state index contributed by atoms with van der Waals surface area (Å²) in [6.07, 6.45) is 1.45. The third-order valence-electron chi connectivity index (χ3n) is 3.19. The van der Waals surface area contributed by atoms with Crippen LogP contribution in [-0.2, 0) is 11.3 Å². The summed E-state index contributed by atoms with van der Waals surface area (Å²) in [4.78, 5) is 11.7. The minimum atomic E-state index is 0.114. The van der Waals surface area contributed by atoms with E-state index in [1.165, 1.54) is 16.3 Å². The van der Waals surface area contributed by atoms with Crippen molar-refractivity contribution in [2.45, 2.75) is 19.4 Å². The van der Waals surface area contributed by atoms with Crippen molar-refractivity contribution in [2.24, 2.45) is 0 Å². The molecule has 100 valence electrons. The molecule has 0 aromatic heterocycles. The second-order valence-electron chi connectivity index (χ2n) is 4.62. The Morgan fingerprint density at radius 2 is 1.89 bits per heavy atom. The average molecular weight is 256 g/mol. The number of amides is 1. The van der Waals surface area contributed by atoms with Gasteiger partial charge in [0.1, 0.15) is 0 Å². The van der Waals surface area contributed by atoms with Gasteiger partial charge in [0.05, 0.1) is 0 Å². The molecule has 0 saturated carbocycles. The highest BCUT2D eigenvalue weighted by Crippen LogP contribution is 2.18. The van der Waals surface area contributed by atoms with Crippen LogP contribution in [0.5, 0.6) is 0 Å². The van der Waals surface area contributed by atoms with Crippen LogP contribution in [0.4, 0.5) is 0 Å². The van der Waals surface area contributed by atoms with E-state index in [-0.39, 0.29) is 5.91 Å². The minimum Gasteiger partial charge on any atom is -0.352 e. The van der Waals surface area contributed by atoms with Crippen LogP contribution >= 0.6 is 0 Å². The molecule has 0 bridgehead atoms. The first-order chi connectivity index (χ1) is 9.31. The molecule has 3 nitrogen and oxygen atoms in total. The molecular weight excluding hydrogens is 236 g/mol. The van der Waals surface area contributed by atoms with Crippen LogP contribution in [0.1, 0.15) is 18.4 Å². The normalized spacial score (nSPS) is 10.6. The Labute approximate surface area is 114 Å². The molecule has 3 heteroatoms. The monoisotopic (exact) mass is 256 g/mol. The lowest BCUT2D eigenvalue weighted by molar-refractivity contribution is -0.121. The van der Waals surface area contributed by atoms with Crippen molar-refractivity contribution in [3.63, 3.8) is 0 Å². The molecule has 0 heterocycles. The second-order valence-corrected chi connectivity index (χ2v) is 4.62.